The average molecular weight is 356 g/mol. The number of hydrogen-bond acceptors (Lipinski definition) is 8. The highest BCUT2D eigenvalue weighted by atomic mass is 16.6. The maximum atomic E-state index is 11.8. The van der Waals surface area contributed by atoms with Gasteiger partial charge in [0, 0.05) is 25.2 Å². The lowest BCUT2D eigenvalue weighted by molar-refractivity contribution is -0.432. The molecule has 0 aromatic heterocycles. The molecule has 1 atom stereocenters. The largest absolute Gasteiger partial charge is 0.384 e. The minimum absolute atomic E-state index is 0.0676. The number of benzene rings is 1. The Morgan fingerprint density at radius 1 is 1.19 bits per heavy atom. The van der Waals surface area contributed by atoms with E-state index in [0.717, 1.165) is 12.8 Å². The number of non-ortho nitro benzene ring substituents is 1. The van der Waals surface area contributed by atoms with E-state index < -0.39 is 15.8 Å². The highest BCUT2D eigenvalue weighted by molar-refractivity contribution is 5.50. The van der Waals surface area contributed by atoms with Crippen LogP contribution in [0.4, 0.5) is 5.69 Å². The zero-order valence-electron chi connectivity index (χ0n) is 13.7. The van der Waals surface area contributed by atoms with Gasteiger partial charge >= 0.3 is 0 Å². The van der Waals surface area contributed by atoms with E-state index in [2.05, 4.69) is 5.32 Å². The van der Waals surface area contributed by atoms with Crippen molar-refractivity contribution in [3.63, 3.8) is 0 Å². The van der Waals surface area contributed by atoms with E-state index in [4.69, 9.17) is 5.73 Å². The first kappa shape index (κ1) is 17.2. The molecule has 2 heterocycles. The maximum Gasteiger partial charge on any atom is 0.299 e. The average Bonchev–Trinajstić information content (AvgIpc) is 2.87. The molecule has 1 saturated heterocycles. The summed E-state index contributed by atoms with van der Waals surface area (Å²) >= 11 is 0. The predicted octanol–water partition coefficient (Wildman–Crippen LogP) is 1.52. The molecular weight excluding hydrogens is 340 g/mol. The van der Waals surface area contributed by atoms with E-state index in [-0.39, 0.29) is 28.6 Å². The summed E-state index contributed by atoms with van der Waals surface area (Å²) < 4.78 is 0. The van der Waals surface area contributed by atoms with E-state index in [1.807, 2.05) is 6.07 Å². The third kappa shape index (κ3) is 2.79. The molecule has 10 heteroatoms. The van der Waals surface area contributed by atoms with Crippen molar-refractivity contribution < 1.29 is 9.85 Å². The number of nitro benzene ring substituents is 1. The summed E-state index contributed by atoms with van der Waals surface area (Å²) in [7, 11) is 0. The number of nitro groups is 2. The van der Waals surface area contributed by atoms with E-state index in [9.17, 15) is 25.5 Å². The molecule has 0 saturated carbocycles. The molecule has 0 spiro atoms. The minimum Gasteiger partial charge on any atom is -0.384 e. The summed E-state index contributed by atoms with van der Waals surface area (Å²) in [5.74, 6) is -0.536. The fraction of sp³-hybridized carbons (Fsp3) is 0.312. The molecule has 0 bridgehead atoms. The van der Waals surface area contributed by atoms with E-state index in [1.165, 1.54) is 24.3 Å². The molecule has 1 aromatic carbocycles. The quantitative estimate of drug-likeness (QED) is 0.611. The molecule has 26 heavy (non-hydrogen) atoms. The first-order valence-corrected chi connectivity index (χ1v) is 7.99. The zero-order valence-corrected chi connectivity index (χ0v) is 13.7. The number of fused-ring (bicyclic) bond motifs is 1. The molecule has 3 rings (SSSR count). The second kappa shape index (κ2) is 6.72. The number of nitriles is 1. The van der Waals surface area contributed by atoms with Crippen molar-refractivity contribution in [3.05, 3.63) is 73.0 Å². The van der Waals surface area contributed by atoms with Crippen molar-refractivity contribution in [2.45, 2.75) is 18.8 Å². The van der Waals surface area contributed by atoms with Gasteiger partial charge in [0.15, 0.2) is 5.82 Å². The summed E-state index contributed by atoms with van der Waals surface area (Å²) in [6, 6.07) is 7.35. The second-order valence-corrected chi connectivity index (χ2v) is 5.97. The Morgan fingerprint density at radius 2 is 1.88 bits per heavy atom. The van der Waals surface area contributed by atoms with Crippen LogP contribution in [0.1, 0.15) is 24.3 Å². The number of hydrogen-bond donors (Lipinski definition) is 2. The number of nitrogens with two attached hydrogens (primary N) is 1. The Hall–Kier alpha value is -3.61. The van der Waals surface area contributed by atoms with Crippen LogP contribution in [0.3, 0.4) is 0 Å². The highest BCUT2D eigenvalue weighted by Crippen LogP contribution is 2.40. The second-order valence-electron chi connectivity index (χ2n) is 5.97. The lowest BCUT2D eigenvalue weighted by Gasteiger charge is -2.33. The van der Waals surface area contributed by atoms with Crippen molar-refractivity contribution in [2.24, 2.45) is 5.73 Å². The molecule has 10 nitrogen and oxygen atoms in total. The third-order valence-electron chi connectivity index (χ3n) is 4.50. The normalized spacial score (nSPS) is 20.0. The zero-order chi connectivity index (χ0) is 18.8. The Morgan fingerprint density at radius 3 is 2.46 bits per heavy atom. The molecule has 0 aliphatic carbocycles. The Balaban J connectivity index is 2.19. The van der Waals surface area contributed by atoms with Crippen LogP contribution < -0.4 is 11.1 Å². The van der Waals surface area contributed by atoms with Crippen LogP contribution in [-0.2, 0) is 0 Å². The number of nitrogens with one attached hydrogen (secondary N) is 1. The van der Waals surface area contributed by atoms with Crippen LogP contribution in [0, 0.1) is 31.6 Å². The molecule has 3 N–H and O–H groups in total. The monoisotopic (exact) mass is 356 g/mol. The van der Waals surface area contributed by atoms with Gasteiger partial charge in [0.25, 0.3) is 11.4 Å². The van der Waals surface area contributed by atoms with Gasteiger partial charge in [-0.3, -0.25) is 20.2 Å². The lowest BCUT2D eigenvalue weighted by atomic mass is 9.86. The van der Waals surface area contributed by atoms with Crippen LogP contribution in [0.5, 0.6) is 0 Å². The van der Waals surface area contributed by atoms with Crippen LogP contribution >= 0.6 is 0 Å². The molecule has 2 aliphatic heterocycles. The first-order valence-electron chi connectivity index (χ1n) is 7.99. The SMILES string of the molecule is N#CC1=C(N)N2CCCCNC2=C([N+](=O)[O-])C1c1ccc([N+](=O)[O-])cc1. The molecule has 1 unspecified atom stereocenters. The van der Waals surface area contributed by atoms with Gasteiger partial charge in [0.05, 0.1) is 21.5 Å². The standard InChI is InChI=1S/C16H16N6O4/c17-9-12-13(10-3-5-11(6-4-10)21(23)24)14(22(25)26)16-19-7-1-2-8-20(16)15(12)18/h3-6,13,19H,1-2,7-8,18H2. The van der Waals surface area contributed by atoms with E-state index in [0.29, 0.717) is 18.7 Å². The minimum atomic E-state index is -0.993. The summed E-state index contributed by atoms with van der Waals surface area (Å²) in [4.78, 5) is 23.2. The number of allylic oxidation sites excluding steroid dienone is 1. The number of rotatable bonds is 3. The topological polar surface area (TPSA) is 151 Å². The van der Waals surface area contributed by atoms with Gasteiger partial charge in [-0.1, -0.05) is 12.1 Å². The molecule has 1 fully saturated rings. The van der Waals surface area contributed by atoms with Gasteiger partial charge in [-0.2, -0.15) is 5.26 Å². The van der Waals surface area contributed by atoms with Crippen LogP contribution in [0.25, 0.3) is 0 Å². The Bertz CT molecular complexity index is 868. The lowest BCUT2D eigenvalue weighted by Crippen LogP contribution is -2.41. The molecule has 0 radical (unpaired) electrons. The molecule has 134 valence electrons. The number of nitrogens with zero attached hydrogens (tertiary/aromatic N) is 4. The smallest absolute Gasteiger partial charge is 0.299 e. The summed E-state index contributed by atoms with van der Waals surface area (Å²) in [6.07, 6.45) is 1.60. The summed E-state index contributed by atoms with van der Waals surface area (Å²) in [5.41, 5.74) is 6.32. The van der Waals surface area contributed by atoms with Gasteiger partial charge in [0.2, 0.25) is 0 Å². The third-order valence-corrected chi connectivity index (χ3v) is 4.50. The van der Waals surface area contributed by atoms with Gasteiger partial charge in [-0.15, -0.1) is 0 Å². The van der Waals surface area contributed by atoms with Gasteiger partial charge < -0.3 is 16.0 Å². The van der Waals surface area contributed by atoms with Crippen LogP contribution in [0.2, 0.25) is 0 Å². The Kier molecular flexibility index (Phi) is 4.45. The van der Waals surface area contributed by atoms with E-state index in [1.54, 1.807) is 4.90 Å². The predicted molar refractivity (Wildman–Crippen MR) is 90.6 cm³/mol. The molecule has 0 amide bonds. The highest BCUT2D eigenvalue weighted by Gasteiger charge is 2.43. The van der Waals surface area contributed by atoms with Crippen molar-refractivity contribution in [2.75, 3.05) is 13.1 Å². The maximum absolute atomic E-state index is 11.8. The fourth-order valence-corrected chi connectivity index (χ4v) is 3.27. The fourth-order valence-electron chi connectivity index (χ4n) is 3.27. The van der Waals surface area contributed by atoms with E-state index >= 15 is 0 Å². The summed E-state index contributed by atoms with van der Waals surface area (Å²) in [6.45, 7) is 1.04. The van der Waals surface area contributed by atoms with Crippen molar-refractivity contribution in [3.8, 4) is 6.07 Å². The van der Waals surface area contributed by atoms with Crippen molar-refractivity contribution >= 4 is 5.69 Å². The Labute approximate surface area is 148 Å². The van der Waals surface area contributed by atoms with Gasteiger partial charge in [-0.25, -0.2) is 0 Å². The first-order chi connectivity index (χ1) is 12.5. The van der Waals surface area contributed by atoms with Crippen LogP contribution in [0.15, 0.2) is 47.2 Å². The van der Waals surface area contributed by atoms with Gasteiger partial charge in [0.1, 0.15) is 11.7 Å². The summed E-state index contributed by atoms with van der Waals surface area (Å²) in [5, 5.41) is 35.4. The van der Waals surface area contributed by atoms with Gasteiger partial charge in [-0.05, 0) is 18.4 Å². The van der Waals surface area contributed by atoms with Crippen molar-refractivity contribution in [1.29, 1.82) is 5.26 Å². The molecular formula is C16H16N6O4. The molecule has 2 aliphatic rings. The van der Waals surface area contributed by atoms with Crippen LogP contribution in [-0.4, -0.2) is 27.8 Å². The molecule has 1 aromatic rings. The van der Waals surface area contributed by atoms with Crippen molar-refractivity contribution in [1.82, 2.24) is 10.2 Å².